The van der Waals surface area contributed by atoms with Gasteiger partial charge >= 0.3 is 5.97 Å². The average Bonchev–Trinajstić information content (AvgIpc) is 2.89. The van der Waals surface area contributed by atoms with E-state index in [1.165, 1.54) is 4.90 Å². The van der Waals surface area contributed by atoms with E-state index in [9.17, 15) is 9.59 Å². The summed E-state index contributed by atoms with van der Waals surface area (Å²) in [5.41, 5.74) is 0. The Morgan fingerprint density at radius 3 is 3.00 bits per heavy atom. The Hall–Kier alpha value is -1.96. The minimum Gasteiger partial charge on any atom is -0.479 e. The van der Waals surface area contributed by atoms with Crippen molar-refractivity contribution < 1.29 is 19.4 Å². The molecule has 2 rings (SSSR count). The van der Waals surface area contributed by atoms with E-state index in [0.717, 1.165) is 0 Å². The van der Waals surface area contributed by atoms with Crippen molar-refractivity contribution in [3.63, 3.8) is 0 Å². The largest absolute Gasteiger partial charge is 0.479 e. The number of hydrogen-bond acceptors (Lipinski definition) is 5. The van der Waals surface area contributed by atoms with E-state index in [1.807, 2.05) is 0 Å². The van der Waals surface area contributed by atoms with Crippen molar-refractivity contribution in [3.05, 3.63) is 12.4 Å². The van der Waals surface area contributed by atoms with Gasteiger partial charge in [-0.15, -0.1) is 5.10 Å². The zero-order chi connectivity index (χ0) is 13.0. The van der Waals surface area contributed by atoms with Gasteiger partial charge in [-0.25, -0.2) is 4.79 Å². The molecule has 1 aromatic heterocycles. The van der Waals surface area contributed by atoms with Gasteiger partial charge in [-0.2, -0.15) is 0 Å². The van der Waals surface area contributed by atoms with Gasteiger partial charge in [0.25, 0.3) is 0 Å². The third kappa shape index (κ3) is 3.04. The molecule has 0 spiro atoms. The van der Waals surface area contributed by atoms with E-state index in [-0.39, 0.29) is 25.5 Å². The second-order valence-electron chi connectivity index (χ2n) is 3.95. The molecular weight excluding hydrogens is 240 g/mol. The molecule has 1 atom stereocenters. The summed E-state index contributed by atoms with van der Waals surface area (Å²) in [4.78, 5) is 24.2. The Bertz CT molecular complexity index is 420. The average molecular weight is 254 g/mol. The second kappa shape index (κ2) is 5.58. The lowest BCUT2D eigenvalue weighted by Gasteiger charge is -2.30. The lowest BCUT2D eigenvalue weighted by atomic mass is 10.2. The van der Waals surface area contributed by atoms with Gasteiger partial charge in [0.05, 0.1) is 25.9 Å². The van der Waals surface area contributed by atoms with Gasteiger partial charge in [0.15, 0.2) is 6.10 Å². The first kappa shape index (κ1) is 12.5. The fraction of sp³-hybridized carbons (Fsp3) is 0.600. The van der Waals surface area contributed by atoms with Crippen molar-refractivity contribution >= 4 is 11.9 Å². The predicted octanol–water partition coefficient (Wildman–Crippen LogP) is -1.02. The standard InChI is InChI=1S/C10H14N4O4/c15-9(1-3-14-4-2-11-12-14)13-5-6-18-8(7-13)10(16)17/h2,4,8H,1,3,5-7H2,(H,16,17). The van der Waals surface area contributed by atoms with E-state index in [0.29, 0.717) is 13.1 Å². The molecule has 1 saturated heterocycles. The fourth-order valence-electron chi connectivity index (χ4n) is 1.75. The lowest BCUT2D eigenvalue weighted by Crippen LogP contribution is -2.48. The molecule has 8 nitrogen and oxygen atoms in total. The first-order valence-electron chi connectivity index (χ1n) is 5.63. The number of amides is 1. The third-order valence-corrected chi connectivity index (χ3v) is 2.72. The van der Waals surface area contributed by atoms with Crippen LogP contribution in [0.5, 0.6) is 0 Å². The number of aliphatic carboxylic acids is 1. The summed E-state index contributed by atoms with van der Waals surface area (Å²) < 4.78 is 6.61. The number of carbonyl (C=O) groups is 2. The normalized spacial score (nSPS) is 19.8. The molecule has 1 fully saturated rings. The summed E-state index contributed by atoms with van der Waals surface area (Å²) >= 11 is 0. The van der Waals surface area contributed by atoms with Crippen molar-refractivity contribution in [3.8, 4) is 0 Å². The molecule has 1 N–H and O–H groups in total. The highest BCUT2D eigenvalue weighted by Gasteiger charge is 2.28. The first-order valence-corrected chi connectivity index (χ1v) is 5.63. The molecule has 1 unspecified atom stereocenters. The maximum Gasteiger partial charge on any atom is 0.334 e. The summed E-state index contributed by atoms with van der Waals surface area (Å²) in [7, 11) is 0. The highest BCUT2D eigenvalue weighted by atomic mass is 16.5. The summed E-state index contributed by atoms with van der Waals surface area (Å²) in [6, 6.07) is 0. The van der Waals surface area contributed by atoms with Crippen LogP contribution in [-0.4, -0.2) is 62.7 Å². The molecular formula is C10H14N4O4. The number of ether oxygens (including phenoxy) is 1. The monoisotopic (exact) mass is 254 g/mol. The number of hydrogen-bond donors (Lipinski definition) is 1. The van der Waals surface area contributed by atoms with Crippen LogP contribution in [0.15, 0.2) is 12.4 Å². The van der Waals surface area contributed by atoms with Crippen molar-refractivity contribution in [2.75, 3.05) is 19.7 Å². The highest BCUT2D eigenvalue weighted by molar-refractivity contribution is 5.78. The number of nitrogens with zero attached hydrogens (tertiary/aromatic N) is 4. The molecule has 0 bridgehead atoms. The number of rotatable bonds is 4. The highest BCUT2D eigenvalue weighted by Crippen LogP contribution is 2.07. The summed E-state index contributed by atoms with van der Waals surface area (Å²) in [5, 5.41) is 16.2. The van der Waals surface area contributed by atoms with Crippen LogP contribution in [-0.2, 0) is 20.9 Å². The zero-order valence-electron chi connectivity index (χ0n) is 9.73. The summed E-state index contributed by atoms with van der Waals surface area (Å²) in [6.45, 7) is 1.23. The molecule has 0 aromatic carbocycles. The van der Waals surface area contributed by atoms with Gasteiger partial charge in [-0.3, -0.25) is 9.48 Å². The number of carbonyl (C=O) groups excluding carboxylic acids is 1. The van der Waals surface area contributed by atoms with Gasteiger partial charge in [0.2, 0.25) is 5.91 Å². The molecule has 1 aliphatic rings. The summed E-state index contributed by atoms with van der Waals surface area (Å²) in [5.74, 6) is -1.14. The number of carboxylic acids is 1. The van der Waals surface area contributed by atoms with Crippen LogP contribution < -0.4 is 0 Å². The lowest BCUT2D eigenvalue weighted by molar-refractivity contribution is -0.159. The topological polar surface area (TPSA) is 97.6 Å². The number of carboxylic acid groups (broad SMARTS) is 1. The zero-order valence-corrected chi connectivity index (χ0v) is 9.73. The maximum atomic E-state index is 11.9. The Balaban J connectivity index is 1.83. The van der Waals surface area contributed by atoms with Gasteiger partial charge in [-0.05, 0) is 0 Å². The van der Waals surface area contributed by atoms with E-state index in [4.69, 9.17) is 9.84 Å². The summed E-state index contributed by atoms with van der Waals surface area (Å²) in [6.07, 6.45) is 2.57. The van der Waals surface area contributed by atoms with Crippen LogP contribution in [0.1, 0.15) is 6.42 Å². The number of morpholine rings is 1. The number of aryl methyl sites for hydroxylation is 1. The van der Waals surface area contributed by atoms with Crippen LogP contribution in [0.4, 0.5) is 0 Å². The first-order chi connectivity index (χ1) is 8.66. The molecule has 18 heavy (non-hydrogen) atoms. The molecule has 1 aliphatic heterocycles. The van der Waals surface area contributed by atoms with Crippen LogP contribution >= 0.6 is 0 Å². The van der Waals surface area contributed by atoms with Gasteiger partial charge < -0.3 is 14.7 Å². The second-order valence-corrected chi connectivity index (χ2v) is 3.95. The van der Waals surface area contributed by atoms with Gasteiger partial charge in [-0.1, -0.05) is 5.21 Å². The van der Waals surface area contributed by atoms with Crippen molar-refractivity contribution in [1.82, 2.24) is 19.9 Å². The molecule has 0 radical (unpaired) electrons. The molecule has 0 saturated carbocycles. The van der Waals surface area contributed by atoms with E-state index >= 15 is 0 Å². The SMILES string of the molecule is O=C(O)C1CN(C(=O)CCn2ccnn2)CCO1. The van der Waals surface area contributed by atoms with Crippen molar-refractivity contribution in [1.29, 1.82) is 0 Å². The Kier molecular flexibility index (Phi) is 3.88. The Morgan fingerprint density at radius 1 is 1.50 bits per heavy atom. The van der Waals surface area contributed by atoms with E-state index in [2.05, 4.69) is 10.3 Å². The molecule has 0 aliphatic carbocycles. The fourth-order valence-corrected chi connectivity index (χ4v) is 1.75. The predicted molar refractivity (Wildman–Crippen MR) is 58.6 cm³/mol. The van der Waals surface area contributed by atoms with Gasteiger partial charge in [0.1, 0.15) is 0 Å². The minimum absolute atomic E-state index is 0.0972. The molecule has 98 valence electrons. The van der Waals surface area contributed by atoms with E-state index in [1.54, 1.807) is 17.1 Å². The quantitative estimate of drug-likeness (QED) is 0.738. The molecule has 2 heterocycles. The molecule has 1 amide bonds. The van der Waals surface area contributed by atoms with Gasteiger partial charge in [0, 0.05) is 19.2 Å². The smallest absolute Gasteiger partial charge is 0.334 e. The van der Waals surface area contributed by atoms with Crippen molar-refractivity contribution in [2.24, 2.45) is 0 Å². The van der Waals surface area contributed by atoms with Crippen LogP contribution in [0.2, 0.25) is 0 Å². The Labute approximate surface area is 103 Å². The minimum atomic E-state index is -1.04. The van der Waals surface area contributed by atoms with Crippen molar-refractivity contribution in [2.45, 2.75) is 19.1 Å². The number of aromatic nitrogens is 3. The molecule has 8 heteroatoms. The third-order valence-electron chi connectivity index (χ3n) is 2.72. The maximum absolute atomic E-state index is 11.9. The van der Waals surface area contributed by atoms with Crippen LogP contribution in [0, 0.1) is 0 Å². The Morgan fingerprint density at radius 2 is 2.33 bits per heavy atom. The molecule has 1 aromatic rings. The van der Waals surface area contributed by atoms with E-state index < -0.39 is 12.1 Å². The van der Waals surface area contributed by atoms with Crippen LogP contribution in [0.25, 0.3) is 0 Å². The van der Waals surface area contributed by atoms with Crippen LogP contribution in [0.3, 0.4) is 0 Å².